The second-order valence-corrected chi connectivity index (χ2v) is 5.50. The summed E-state index contributed by atoms with van der Waals surface area (Å²) in [6.07, 6.45) is 1.31. The highest BCUT2D eigenvalue weighted by atomic mass is 16.6. The molecule has 0 bridgehead atoms. The fourth-order valence-electron chi connectivity index (χ4n) is 2.46. The Kier molecular flexibility index (Phi) is 4.25. The Labute approximate surface area is 141 Å². The summed E-state index contributed by atoms with van der Waals surface area (Å²) in [5.74, 6) is -0.475. The molecule has 8 nitrogen and oxygen atoms in total. The zero-order valence-electron chi connectivity index (χ0n) is 13.3. The molecule has 0 radical (unpaired) electrons. The van der Waals surface area contributed by atoms with E-state index in [9.17, 15) is 19.7 Å². The topological polar surface area (TPSA) is 107 Å². The van der Waals surface area contributed by atoms with Crippen molar-refractivity contribution in [3.8, 4) is 0 Å². The summed E-state index contributed by atoms with van der Waals surface area (Å²) in [5, 5.41) is 13.9. The first-order valence-electron chi connectivity index (χ1n) is 7.45. The quantitative estimate of drug-likeness (QED) is 0.580. The Morgan fingerprint density at radius 2 is 2.04 bits per heavy atom. The number of fused-ring (bicyclic) bond motifs is 1. The van der Waals surface area contributed by atoms with Gasteiger partial charge in [0, 0.05) is 17.3 Å². The van der Waals surface area contributed by atoms with Gasteiger partial charge >= 0.3 is 0 Å². The minimum absolute atomic E-state index is 0.0812. The van der Waals surface area contributed by atoms with E-state index in [0.29, 0.717) is 22.2 Å². The molecule has 0 fully saturated rings. The Bertz CT molecular complexity index is 1040. The number of aromatic nitrogens is 2. The van der Waals surface area contributed by atoms with Crippen LogP contribution in [0.2, 0.25) is 0 Å². The lowest BCUT2D eigenvalue weighted by Crippen LogP contribution is -2.27. The number of carbonyl (C=O) groups is 1. The molecule has 126 valence electrons. The van der Waals surface area contributed by atoms with E-state index in [1.165, 1.54) is 17.0 Å². The molecule has 3 aromatic rings. The number of nitrogens with one attached hydrogen (secondary N) is 1. The maximum absolute atomic E-state index is 12.4. The van der Waals surface area contributed by atoms with Crippen molar-refractivity contribution in [1.82, 2.24) is 9.55 Å². The molecular formula is C17H14N4O4. The number of hydrogen-bond acceptors (Lipinski definition) is 5. The molecule has 2 aromatic carbocycles. The highest BCUT2D eigenvalue weighted by Gasteiger charge is 2.13. The monoisotopic (exact) mass is 338 g/mol. The van der Waals surface area contributed by atoms with Crippen LogP contribution in [0.5, 0.6) is 0 Å². The van der Waals surface area contributed by atoms with Crippen LogP contribution in [-0.4, -0.2) is 20.4 Å². The van der Waals surface area contributed by atoms with E-state index in [-0.39, 0.29) is 17.8 Å². The van der Waals surface area contributed by atoms with Gasteiger partial charge < -0.3 is 5.32 Å². The largest absolute Gasteiger partial charge is 0.324 e. The first-order valence-corrected chi connectivity index (χ1v) is 7.45. The van der Waals surface area contributed by atoms with Crippen LogP contribution in [0.1, 0.15) is 5.56 Å². The van der Waals surface area contributed by atoms with Gasteiger partial charge in [-0.3, -0.25) is 24.3 Å². The van der Waals surface area contributed by atoms with Crippen molar-refractivity contribution in [2.24, 2.45) is 0 Å². The molecule has 0 aliphatic heterocycles. The molecular weight excluding hydrogens is 324 g/mol. The number of nitro benzene ring substituents is 1. The molecule has 1 N–H and O–H groups in total. The minimum Gasteiger partial charge on any atom is -0.324 e. The zero-order valence-corrected chi connectivity index (χ0v) is 13.3. The third kappa shape index (κ3) is 3.37. The lowest BCUT2D eigenvalue weighted by molar-refractivity contribution is -0.385. The van der Waals surface area contributed by atoms with Gasteiger partial charge in [0.25, 0.3) is 11.2 Å². The number of nitrogens with zero attached hydrogens (tertiary/aromatic N) is 3. The molecule has 0 unspecified atom stereocenters. The standard InChI is InChI=1S/C17H14N4O4/c1-11-6-7-12(8-15(11)21(24)25)19-16(22)9-20-10-18-14-5-3-2-4-13(14)17(20)23/h2-8,10H,9H2,1H3,(H,19,22). The fraction of sp³-hybridized carbons (Fsp3) is 0.118. The van der Waals surface area contributed by atoms with Crippen LogP contribution in [0.3, 0.4) is 0 Å². The third-order valence-corrected chi connectivity index (χ3v) is 3.74. The summed E-state index contributed by atoms with van der Waals surface area (Å²) >= 11 is 0. The molecule has 0 saturated carbocycles. The van der Waals surface area contributed by atoms with E-state index < -0.39 is 10.8 Å². The Morgan fingerprint density at radius 3 is 2.80 bits per heavy atom. The van der Waals surface area contributed by atoms with Gasteiger partial charge in [-0.05, 0) is 25.1 Å². The number of benzene rings is 2. The summed E-state index contributed by atoms with van der Waals surface area (Å²) < 4.78 is 1.19. The maximum Gasteiger partial charge on any atom is 0.274 e. The van der Waals surface area contributed by atoms with Crippen LogP contribution >= 0.6 is 0 Å². The van der Waals surface area contributed by atoms with Gasteiger partial charge in [-0.1, -0.05) is 18.2 Å². The number of aryl methyl sites for hydroxylation is 1. The van der Waals surface area contributed by atoms with Crippen molar-refractivity contribution in [2.75, 3.05) is 5.32 Å². The molecule has 25 heavy (non-hydrogen) atoms. The number of rotatable bonds is 4. The lowest BCUT2D eigenvalue weighted by atomic mass is 10.2. The maximum atomic E-state index is 12.4. The van der Waals surface area contributed by atoms with E-state index in [1.54, 1.807) is 43.3 Å². The second-order valence-electron chi connectivity index (χ2n) is 5.50. The van der Waals surface area contributed by atoms with E-state index in [2.05, 4.69) is 10.3 Å². The molecule has 0 aliphatic rings. The van der Waals surface area contributed by atoms with Crippen molar-refractivity contribution < 1.29 is 9.72 Å². The SMILES string of the molecule is Cc1ccc(NC(=O)Cn2cnc3ccccc3c2=O)cc1[N+](=O)[O-]. The number of hydrogen-bond donors (Lipinski definition) is 1. The van der Waals surface area contributed by atoms with Gasteiger partial charge in [0.15, 0.2) is 0 Å². The Morgan fingerprint density at radius 1 is 1.28 bits per heavy atom. The molecule has 1 aromatic heterocycles. The Hall–Kier alpha value is -3.55. The predicted molar refractivity (Wildman–Crippen MR) is 92.5 cm³/mol. The Balaban J connectivity index is 1.82. The summed E-state index contributed by atoms with van der Waals surface area (Å²) in [7, 11) is 0. The predicted octanol–water partition coefficient (Wildman–Crippen LogP) is 2.25. The third-order valence-electron chi connectivity index (χ3n) is 3.74. The van der Waals surface area contributed by atoms with E-state index in [4.69, 9.17) is 0 Å². The van der Waals surface area contributed by atoms with Crippen LogP contribution < -0.4 is 10.9 Å². The van der Waals surface area contributed by atoms with E-state index in [1.807, 2.05) is 0 Å². The van der Waals surface area contributed by atoms with E-state index >= 15 is 0 Å². The number of para-hydroxylation sites is 1. The highest BCUT2D eigenvalue weighted by Crippen LogP contribution is 2.22. The highest BCUT2D eigenvalue weighted by molar-refractivity contribution is 5.91. The first-order chi connectivity index (χ1) is 12.0. The summed E-state index contributed by atoms with van der Waals surface area (Å²) in [4.78, 5) is 39.1. The smallest absolute Gasteiger partial charge is 0.274 e. The molecule has 1 heterocycles. The molecule has 0 spiro atoms. The van der Waals surface area contributed by atoms with Gasteiger partial charge in [0.2, 0.25) is 5.91 Å². The van der Waals surface area contributed by atoms with Crippen LogP contribution in [0.4, 0.5) is 11.4 Å². The van der Waals surface area contributed by atoms with Crippen LogP contribution in [0.15, 0.2) is 53.6 Å². The van der Waals surface area contributed by atoms with Gasteiger partial charge in [0.1, 0.15) is 6.54 Å². The van der Waals surface area contributed by atoms with Gasteiger partial charge in [-0.2, -0.15) is 0 Å². The number of nitro groups is 1. The van der Waals surface area contributed by atoms with Crippen LogP contribution in [0.25, 0.3) is 10.9 Å². The number of anilines is 1. The normalized spacial score (nSPS) is 10.6. The second kappa shape index (κ2) is 6.52. The van der Waals surface area contributed by atoms with Gasteiger partial charge in [-0.25, -0.2) is 4.98 Å². The molecule has 1 amide bonds. The average molecular weight is 338 g/mol. The summed E-state index contributed by atoms with van der Waals surface area (Å²) in [6, 6.07) is 11.3. The number of carbonyl (C=O) groups excluding carboxylic acids is 1. The van der Waals surface area contributed by atoms with Gasteiger partial charge in [-0.15, -0.1) is 0 Å². The van der Waals surface area contributed by atoms with Crippen LogP contribution in [0, 0.1) is 17.0 Å². The molecule has 0 atom stereocenters. The molecule has 3 rings (SSSR count). The van der Waals surface area contributed by atoms with Crippen LogP contribution in [-0.2, 0) is 11.3 Å². The minimum atomic E-state index is -0.511. The van der Waals surface area contributed by atoms with Crippen molar-refractivity contribution in [3.63, 3.8) is 0 Å². The van der Waals surface area contributed by atoms with Crippen molar-refractivity contribution in [3.05, 3.63) is 74.8 Å². The molecule has 8 heteroatoms. The molecule has 0 aliphatic carbocycles. The lowest BCUT2D eigenvalue weighted by Gasteiger charge is -2.08. The van der Waals surface area contributed by atoms with Crippen molar-refractivity contribution in [2.45, 2.75) is 13.5 Å². The van der Waals surface area contributed by atoms with Crippen molar-refractivity contribution >= 4 is 28.2 Å². The summed E-state index contributed by atoms with van der Waals surface area (Å²) in [5.41, 5.74) is 0.943. The first kappa shape index (κ1) is 16.3. The van der Waals surface area contributed by atoms with E-state index in [0.717, 1.165) is 0 Å². The average Bonchev–Trinajstić information content (AvgIpc) is 2.59. The van der Waals surface area contributed by atoms with Crippen molar-refractivity contribution in [1.29, 1.82) is 0 Å². The van der Waals surface area contributed by atoms with Gasteiger partial charge in [0.05, 0.1) is 22.2 Å². The molecule has 0 saturated heterocycles. The summed E-state index contributed by atoms with van der Waals surface area (Å²) in [6.45, 7) is 1.38. The number of amides is 1. The fourth-order valence-corrected chi connectivity index (χ4v) is 2.46. The zero-order chi connectivity index (χ0) is 18.0.